The van der Waals surface area contributed by atoms with E-state index in [-0.39, 0.29) is 6.61 Å². The Labute approximate surface area is 129 Å². The monoisotopic (exact) mass is 318 g/mol. The molecule has 0 unspecified atom stereocenters. The number of hydrogen-bond acceptors (Lipinski definition) is 4. The summed E-state index contributed by atoms with van der Waals surface area (Å²) in [6.07, 6.45) is 1.44. The van der Waals surface area contributed by atoms with E-state index in [1.807, 2.05) is 0 Å². The second-order valence-corrected chi connectivity index (χ2v) is 5.99. The first-order valence-electron chi connectivity index (χ1n) is 6.78. The van der Waals surface area contributed by atoms with Crippen molar-refractivity contribution in [1.29, 1.82) is 0 Å². The van der Waals surface area contributed by atoms with Gasteiger partial charge >= 0.3 is 0 Å². The molecule has 4 nitrogen and oxygen atoms in total. The molecule has 1 aromatic carbocycles. The fourth-order valence-corrected chi connectivity index (χ4v) is 2.53. The first kappa shape index (κ1) is 15.9. The average molecular weight is 319 g/mol. The van der Waals surface area contributed by atoms with E-state index in [2.05, 4.69) is 4.90 Å². The Morgan fingerprint density at radius 1 is 1.30 bits per heavy atom. The highest BCUT2D eigenvalue weighted by Crippen LogP contribution is 2.26. The van der Waals surface area contributed by atoms with Gasteiger partial charge in [-0.2, -0.15) is 0 Å². The molecule has 1 aliphatic rings. The molecule has 0 bridgehead atoms. The Morgan fingerprint density at radius 3 is 2.65 bits per heavy atom. The smallest absolute Gasteiger partial charge is 0.121 e. The molecule has 1 aliphatic heterocycles. The lowest BCUT2D eigenvalue weighted by molar-refractivity contribution is 0.0597. The van der Waals surface area contributed by atoms with Gasteiger partial charge < -0.3 is 20.5 Å². The molecule has 0 saturated carbocycles. The SMILES string of the molecule is NC1CCN(C[C@H](O)COc2ccc(Cl)c(Cl)c2)CC1. The minimum atomic E-state index is -0.529. The standard InChI is InChI=1S/C14H20Cl2N2O2/c15-13-2-1-12(7-14(13)16)20-9-11(19)8-18-5-3-10(17)4-6-18/h1-2,7,10-11,19H,3-6,8-9,17H2/t11-/m0/s1. The van der Waals surface area contributed by atoms with Crippen LogP contribution in [-0.2, 0) is 0 Å². The summed E-state index contributed by atoms with van der Waals surface area (Å²) < 4.78 is 5.52. The van der Waals surface area contributed by atoms with E-state index in [0.29, 0.717) is 28.4 Å². The third kappa shape index (κ3) is 4.79. The summed E-state index contributed by atoms with van der Waals surface area (Å²) in [5.41, 5.74) is 5.85. The summed E-state index contributed by atoms with van der Waals surface area (Å²) in [6, 6.07) is 5.37. The molecular formula is C14H20Cl2N2O2. The van der Waals surface area contributed by atoms with Crippen LogP contribution < -0.4 is 10.5 Å². The van der Waals surface area contributed by atoms with Crippen molar-refractivity contribution in [2.24, 2.45) is 5.73 Å². The highest BCUT2D eigenvalue weighted by molar-refractivity contribution is 6.42. The minimum Gasteiger partial charge on any atom is -0.491 e. The van der Waals surface area contributed by atoms with Gasteiger partial charge in [0.15, 0.2) is 0 Å². The van der Waals surface area contributed by atoms with Crippen LogP contribution in [0.5, 0.6) is 5.75 Å². The Hall–Kier alpha value is -0.520. The van der Waals surface area contributed by atoms with Crippen molar-refractivity contribution in [3.05, 3.63) is 28.2 Å². The van der Waals surface area contributed by atoms with Gasteiger partial charge in [-0.25, -0.2) is 0 Å². The summed E-state index contributed by atoms with van der Waals surface area (Å²) in [4.78, 5) is 2.21. The zero-order valence-electron chi connectivity index (χ0n) is 11.3. The quantitative estimate of drug-likeness (QED) is 0.873. The number of aliphatic hydroxyl groups is 1. The molecule has 2 rings (SSSR count). The van der Waals surface area contributed by atoms with Gasteiger partial charge in [0.05, 0.1) is 10.0 Å². The number of nitrogens with two attached hydrogens (primary N) is 1. The number of rotatable bonds is 5. The van der Waals surface area contributed by atoms with Crippen LogP contribution in [-0.4, -0.2) is 48.4 Å². The maximum absolute atomic E-state index is 10.00. The third-order valence-electron chi connectivity index (χ3n) is 3.43. The van der Waals surface area contributed by atoms with Crippen molar-refractivity contribution in [3.63, 3.8) is 0 Å². The number of ether oxygens (including phenoxy) is 1. The maximum Gasteiger partial charge on any atom is 0.121 e. The van der Waals surface area contributed by atoms with Gasteiger partial charge in [-0.1, -0.05) is 23.2 Å². The molecule has 0 amide bonds. The summed E-state index contributed by atoms with van der Waals surface area (Å²) in [6.45, 7) is 2.71. The van der Waals surface area contributed by atoms with Crippen molar-refractivity contribution in [2.45, 2.75) is 25.0 Å². The zero-order valence-corrected chi connectivity index (χ0v) is 12.8. The van der Waals surface area contributed by atoms with Gasteiger partial charge in [0, 0.05) is 18.7 Å². The topological polar surface area (TPSA) is 58.7 Å². The molecule has 112 valence electrons. The molecule has 0 radical (unpaired) electrons. The number of hydrogen-bond donors (Lipinski definition) is 2. The zero-order chi connectivity index (χ0) is 14.5. The Balaban J connectivity index is 1.74. The molecule has 3 N–H and O–H groups in total. The van der Waals surface area contributed by atoms with Gasteiger partial charge in [-0.05, 0) is 38.1 Å². The summed E-state index contributed by atoms with van der Waals surface area (Å²) >= 11 is 11.7. The van der Waals surface area contributed by atoms with Crippen LogP contribution >= 0.6 is 23.2 Å². The predicted octanol–water partition coefficient (Wildman–Crippen LogP) is 2.16. The average Bonchev–Trinajstić information content (AvgIpc) is 2.43. The summed E-state index contributed by atoms with van der Waals surface area (Å²) in [7, 11) is 0. The molecule has 1 atom stereocenters. The van der Waals surface area contributed by atoms with E-state index in [4.69, 9.17) is 33.7 Å². The number of halogens is 2. The second-order valence-electron chi connectivity index (χ2n) is 5.18. The van der Waals surface area contributed by atoms with Crippen LogP contribution in [0.25, 0.3) is 0 Å². The lowest BCUT2D eigenvalue weighted by atomic mass is 10.1. The number of piperidine rings is 1. The number of aliphatic hydroxyl groups excluding tert-OH is 1. The van der Waals surface area contributed by atoms with Crippen molar-refractivity contribution < 1.29 is 9.84 Å². The lowest BCUT2D eigenvalue weighted by Crippen LogP contribution is -2.44. The Morgan fingerprint density at radius 2 is 2.00 bits per heavy atom. The third-order valence-corrected chi connectivity index (χ3v) is 4.17. The molecule has 0 aliphatic carbocycles. The van der Waals surface area contributed by atoms with Gasteiger partial charge in [0.2, 0.25) is 0 Å². The fourth-order valence-electron chi connectivity index (χ4n) is 2.25. The molecule has 1 heterocycles. The summed E-state index contributed by atoms with van der Waals surface area (Å²) in [5.74, 6) is 0.610. The molecule has 1 fully saturated rings. The van der Waals surface area contributed by atoms with E-state index < -0.39 is 6.10 Å². The van der Waals surface area contributed by atoms with Crippen LogP contribution in [0.15, 0.2) is 18.2 Å². The molecule has 20 heavy (non-hydrogen) atoms. The van der Waals surface area contributed by atoms with Crippen LogP contribution in [0, 0.1) is 0 Å². The second kappa shape index (κ2) is 7.48. The van der Waals surface area contributed by atoms with Crippen molar-refractivity contribution in [1.82, 2.24) is 4.90 Å². The number of benzene rings is 1. The van der Waals surface area contributed by atoms with E-state index in [9.17, 15) is 5.11 Å². The van der Waals surface area contributed by atoms with Crippen molar-refractivity contribution in [3.8, 4) is 5.75 Å². The van der Waals surface area contributed by atoms with Gasteiger partial charge in [0.25, 0.3) is 0 Å². The summed E-state index contributed by atoms with van der Waals surface area (Å²) in [5, 5.41) is 10.9. The Bertz CT molecular complexity index is 437. The molecule has 6 heteroatoms. The predicted molar refractivity (Wildman–Crippen MR) is 81.6 cm³/mol. The van der Waals surface area contributed by atoms with Crippen LogP contribution in [0.2, 0.25) is 10.0 Å². The van der Waals surface area contributed by atoms with Crippen LogP contribution in [0.3, 0.4) is 0 Å². The van der Waals surface area contributed by atoms with Crippen LogP contribution in [0.4, 0.5) is 0 Å². The van der Waals surface area contributed by atoms with Gasteiger partial charge in [0.1, 0.15) is 18.5 Å². The van der Waals surface area contributed by atoms with Crippen molar-refractivity contribution >= 4 is 23.2 Å². The Kier molecular flexibility index (Phi) is 5.93. The number of nitrogens with zero attached hydrogens (tertiary/aromatic N) is 1. The van der Waals surface area contributed by atoms with Crippen molar-refractivity contribution in [2.75, 3.05) is 26.2 Å². The molecule has 0 spiro atoms. The van der Waals surface area contributed by atoms with E-state index in [0.717, 1.165) is 25.9 Å². The van der Waals surface area contributed by atoms with Crippen LogP contribution in [0.1, 0.15) is 12.8 Å². The number of β-amino-alcohol motifs (C(OH)–C–C–N with tert-alkyl or cyclic N) is 1. The maximum atomic E-state index is 10.00. The molecule has 1 aromatic rings. The van der Waals surface area contributed by atoms with E-state index in [1.54, 1.807) is 18.2 Å². The van der Waals surface area contributed by atoms with Gasteiger partial charge in [-0.3, -0.25) is 0 Å². The molecule has 1 saturated heterocycles. The highest BCUT2D eigenvalue weighted by Gasteiger charge is 2.18. The number of likely N-dealkylation sites (tertiary alicyclic amines) is 1. The van der Waals surface area contributed by atoms with E-state index in [1.165, 1.54) is 0 Å². The first-order valence-corrected chi connectivity index (χ1v) is 7.54. The fraction of sp³-hybridized carbons (Fsp3) is 0.571. The first-order chi connectivity index (χ1) is 9.54. The van der Waals surface area contributed by atoms with Gasteiger partial charge in [-0.15, -0.1) is 0 Å². The normalized spacial score (nSPS) is 19.0. The highest BCUT2D eigenvalue weighted by atomic mass is 35.5. The lowest BCUT2D eigenvalue weighted by Gasteiger charge is -2.31. The minimum absolute atomic E-state index is 0.237. The molecular weight excluding hydrogens is 299 g/mol. The van der Waals surface area contributed by atoms with E-state index >= 15 is 0 Å². The largest absolute Gasteiger partial charge is 0.491 e. The molecule has 0 aromatic heterocycles.